The van der Waals surface area contributed by atoms with Crippen LogP contribution in [0.25, 0.3) is 0 Å². The number of carbonyl (C=O) groups is 1. The van der Waals surface area contributed by atoms with Crippen molar-refractivity contribution in [2.45, 2.75) is 6.18 Å². The number of esters is 1. The summed E-state index contributed by atoms with van der Waals surface area (Å²) in [5, 5.41) is 11.9. The number of nitrogens with zero attached hydrogens (tertiary/aromatic N) is 2. The molecule has 0 radical (unpaired) electrons. The van der Waals surface area contributed by atoms with Crippen molar-refractivity contribution in [3.8, 4) is 6.07 Å². The molecule has 1 N–H and O–H groups in total. The van der Waals surface area contributed by atoms with Crippen molar-refractivity contribution in [1.29, 1.82) is 5.26 Å². The Kier molecular flexibility index (Phi) is 4.94. The van der Waals surface area contributed by atoms with Gasteiger partial charge in [-0.3, -0.25) is 5.43 Å². The highest BCUT2D eigenvalue weighted by molar-refractivity contribution is 6.43. The third-order valence-corrected chi connectivity index (χ3v) is 2.40. The van der Waals surface area contributed by atoms with Gasteiger partial charge in [0.25, 0.3) is 0 Å². The molecule has 0 unspecified atom stereocenters. The molecule has 0 saturated carbocycles. The van der Waals surface area contributed by atoms with Gasteiger partial charge in [-0.2, -0.15) is 23.5 Å². The van der Waals surface area contributed by atoms with E-state index in [1.807, 2.05) is 0 Å². The summed E-state index contributed by atoms with van der Waals surface area (Å²) in [7, 11) is 1.03. The molecule has 0 bridgehead atoms. The van der Waals surface area contributed by atoms with Gasteiger partial charge in [-0.15, -0.1) is 0 Å². The highest BCUT2D eigenvalue weighted by Gasteiger charge is 2.31. The van der Waals surface area contributed by atoms with E-state index in [1.165, 1.54) is 6.07 Å². The summed E-state index contributed by atoms with van der Waals surface area (Å²) >= 11 is 5.69. The van der Waals surface area contributed by atoms with Crippen molar-refractivity contribution >= 4 is 29.0 Å². The van der Waals surface area contributed by atoms with E-state index in [0.29, 0.717) is 6.07 Å². The lowest BCUT2D eigenvalue weighted by molar-refractivity contribution is -0.137. The second-order valence-electron chi connectivity index (χ2n) is 3.37. The van der Waals surface area contributed by atoms with Crippen LogP contribution in [0.15, 0.2) is 23.3 Å². The topological polar surface area (TPSA) is 74.5 Å². The van der Waals surface area contributed by atoms with Gasteiger partial charge in [0.1, 0.15) is 6.07 Å². The molecule has 1 aromatic rings. The van der Waals surface area contributed by atoms with E-state index in [4.69, 9.17) is 16.9 Å². The van der Waals surface area contributed by atoms with Crippen LogP contribution in [0, 0.1) is 11.3 Å². The van der Waals surface area contributed by atoms with Crippen molar-refractivity contribution in [3.63, 3.8) is 0 Å². The summed E-state index contributed by atoms with van der Waals surface area (Å²) in [6.07, 6.45) is -4.55. The van der Waals surface area contributed by atoms with E-state index in [-0.39, 0.29) is 10.7 Å². The van der Waals surface area contributed by atoms with E-state index in [2.05, 4.69) is 15.3 Å². The van der Waals surface area contributed by atoms with Gasteiger partial charge in [-0.1, -0.05) is 11.6 Å². The van der Waals surface area contributed by atoms with Crippen LogP contribution in [0.1, 0.15) is 5.56 Å². The number of rotatable bonds is 3. The average molecular weight is 306 g/mol. The highest BCUT2D eigenvalue weighted by atomic mass is 35.5. The molecule has 0 amide bonds. The predicted octanol–water partition coefficient (Wildman–Crippen LogP) is 2.82. The predicted molar refractivity (Wildman–Crippen MR) is 65.1 cm³/mol. The number of hydrazone groups is 1. The van der Waals surface area contributed by atoms with Gasteiger partial charge in [-0.25, -0.2) is 4.79 Å². The molecule has 1 aromatic carbocycles. The summed E-state index contributed by atoms with van der Waals surface area (Å²) in [5.74, 6) is -1.02. The minimum atomic E-state index is -4.55. The lowest BCUT2D eigenvalue weighted by Gasteiger charge is -2.09. The molecular weight excluding hydrogens is 299 g/mol. The maximum atomic E-state index is 12.5. The number of halogens is 4. The number of methoxy groups -OCH3 is 1. The molecule has 106 valence electrons. The van der Waals surface area contributed by atoms with Crippen LogP contribution < -0.4 is 5.43 Å². The second kappa shape index (κ2) is 6.25. The zero-order valence-corrected chi connectivity index (χ0v) is 10.7. The van der Waals surface area contributed by atoms with Crippen molar-refractivity contribution in [2.75, 3.05) is 12.5 Å². The van der Waals surface area contributed by atoms with Gasteiger partial charge in [-0.05, 0) is 18.2 Å². The zero-order chi connectivity index (χ0) is 15.3. The van der Waals surface area contributed by atoms with Crippen LogP contribution >= 0.6 is 11.6 Å². The van der Waals surface area contributed by atoms with Crippen LogP contribution in [0.5, 0.6) is 0 Å². The van der Waals surface area contributed by atoms with Gasteiger partial charge < -0.3 is 4.74 Å². The van der Waals surface area contributed by atoms with E-state index < -0.39 is 23.4 Å². The molecule has 0 heterocycles. The summed E-state index contributed by atoms with van der Waals surface area (Å²) in [6.45, 7) is 0. The van der Waals surface area contributed by atoms with E-state index >= 15 is 0 Å². The fourth-order valence-electron chi connectivity index (χ4n) is 1.12. The molecule has 0 atom stereocenters. The Balaban J connectivity index is 3.07. The standard InChI is InChI=1S/C11H7ClF3N3O2/c1-20-10(19)9(5-16)18-17-8-4-6(11(13,14)15)2-3-7(8)12/h2-4,17H,1H3. The van der Waals surface area contributed by atoms with Crippen molar-refractivity contribution in [3.05, 3.63) is 28.8 Å². The van der Waals surface area contributed by atoms with E-state index in [0.717, 1.165) is 19.2 Å². The number of ether oxygens (including phenoxy) is 1. The molecule has 0 fully saturated rings. The molecule has 9 heteroatoms. The minimum absolute atomic E-state index is 0.0519. The van der Waals surface area contributed by atoms with Gasteiger partial charge in [0.15, 0.2) is 0 Å². The first-order valence-corrected chi connectivity index (χ1v) is 5.36. The summed E-state index contributed by atoms with van der Waals surface area (Å²) in [5.41, 5.74) is 0.328. The summed E-state index contributed by atoms with van der Waals surface area (Å²) in [6, 6.07) is 3.96. The maximum absolute atomic E-state index is 12.5. The van der Waals surface area contributed by atoms with E-state index in [9.17, 15) is 18.0 Å². The molecule has 0 spiro atoms. The number of benzene rings is 1. The quantitative estimate of drug-likeness (QED) is 0.529. The molecule has 0 saturated heterocycles. The fourth-order valence-corrected chi connectivity index (χ4v) is 1.28. The Labute approximate surface area is 116 Å². The number of alkyl halides is 3. The highest BCUT2D eigenvalue weighted by Crippen LogP contribution is 2.33. The Hall–Kier alpha value is -2.27. The monoisotopic (exact) mass is 305 g/mol. The number of hydrogen-bond acceptors (Lipinski definition) is 5. The molecule has 0 aliphatic carbocycles. The van der Waals surface area contributed by atoms with Gasteiger partial charge in [0.2, 0.25) is 5.71 Å². The number of anilines is 1. The normalized spacial score (nSPS) is 11.7. The van der Waals surface area contributed by atoms with Gasteiger partial charge >= 0.3 is 12.1 Å². The lowest BCUT2D eigenvalue weighted by atomic mass is 10.2. The van der Waals surface area contributed by atoms with Crippen LogP contribution in [-0.4, -0.2) is 18.8 Å². The molecule has 0 aliphatic heterocycles. The van der Waals surface area contributed by atoms with Crippen LogP contribution in [0.4, 0.5) is 18.9 Å². The van der Waals surface area contributed by atoms with E-state index in [1.54, 1.807) is 0 Å². The molecule has 1 rings (SSSR count). The van der Waals surface area contributed by atoms with Crippen molar-refractivity contribution < 1.29 is 22.7 Å². The lowest BCUT2D eigenvalue weighted by Crippen LogP contribution is -2.15. The third-order valence-electron chi connectivity index (χ3n) is 2.07. The zero-order valence-electron chi connectivity index (χ0n) is 9.95. The van der Waals surface area contributed by atoms with Crippen LogP contribution in [0.3, 0.4) is 0 Å². The Morgan fingerprint density at radius 2 is 2.15 bits per heavy atom. The molecule has 0 aromatic heterocycles. The number of nitrogens with one attached hydrogen (secondary N) is 1. The smallest absolute Gasteiger partial charge is 0.416 e. The summed E-state index contributed by atoms with van der Waals surface area (Å²) < 4.78 is 41.8. The number of hydrogen-bond donors (Lipinski definition) is 1. The SMILES string of the molecule is COC(=O)C(C#N)=NNc1cc(C(F)(F)F)ccc1Cl. The van der Waals surface area contributed by atoms with Crippen molar-refractivity contribution in [1.82, 2.24) is 0 Å². The van der Waals surface area contributed by atoms with Crippen LogP contribution in [0.2, 0.25) is 5.02 Å². The molecule has 20 heavy (non-hydrogen) atoms. The molecule has 0 aliphatic rings. The Morgan fingerprint density at radius 1 is 1.50 bits per heavy atom. The summed E-state index contributed by atoms with van der Waals surface area (Å²) in [4.78, 5) is 11.0. The largest absolute Gasteiger partial charge is 0.464 e. The fraction of sp³-hybridized carbons (Fsp3) is 0.182. The first-order valence-electron chi connectivity index (χ1n) is 4.98. The second-order valence-corrected chi connectivity index (χ2v) is 3.78. The van der Waals surface area contributed by atoms with Crippen molar-refractivity contribution in [2.24, 2.45) is 5.10 Å². The molecule has 5 nitrogen and oxygen atoms in total. The number of carbonyl (C=O) groups excluding carboxylic acids is 1. The maximum Gasteiger partial charge on any atom is 0.416 e. The van der Waals surface area contributed by atoms with Gasteiger partial charge in [0.05, 0.1) is 23.4 Å². The Bertz CT molecular complexity index is 594. The molecular formula is C11H7ClF3N3O2. The minimum Gasteiger partial charge on any atom is -0.464 e. The van der Waals surface area contributed by atoms with Crippen LogP contribution in [-0.2, 0) is 15.7 Å². The number of nitriles is 1. The third kappa shape index (κ3) is 3.86. The first kappa shape index (κ1) is 15.8. The Morgan fingerprint density at radius 3 is 2.65 bits per heavy atom. The first-order chi connectivity index (χ1) is 9.29. The average Bonchev–Trinajstić information content (AvgIpc) is 2.39. The van der Waals surface area contributed by atoms with Gasteiger partial charge in [0, 0.05) is 0 Å².